The lowest BCUT2D eigenvalue weighted by Crippen LogP contribution is -1.85. The molecule has 0 atom stereocenters. The number of hydrogen-bond acceptors (Lipinski definition) is 1. The lowest BCUT2D eigenvalue weighted by atomic mass is 10.1. The van der Waals surface area contributed by atoms with Gasteiger partial charge in [0.2, 0.25) is 0 Å². The van der Waals surface area contributed by atoms with Crippen molar-refractivity contribution in [3.63, 3.8) is 0 Å². The van der Waals surface area contributed by atoms with Gasteiger partial charge in [-0.15, -0.1) is 11.3 Å². The Morgan fingerprint density at radius 1 is 1.19 bits per heavy atom. The summed E-state index contributed by atoms with van der Waals surface area (Å²) in [5.41, 5.74) is 4.20. The number of allylic oxidation sites excluding steroid dienone is 1. The van der Waals surface area contributed by atoms with Crippen LogP contribution in [0.5, 0.6) is 0 Å². The number of rotatable bonds is 1. The van der Waals surface area contributed by atoms with E-state index in [1.165, 1.54) is 30.9 Å². The molecule has 0 saturated heterocycles. The van der Waals surface area contributed by atoms with Gasteiger partial charge in [-0.3, -0.25) is 0 Å². The summed E-state index contributed by atoms with van der Waals surface area (Å²) >= 11 is 5.49. The molecule has 0 fully saturated rings. The number of benzene rings is 1. The Balaban J connectivity index is 2.12. The van der Waals surface area contributed by atoms with E-state index in [9.17, 15) is 0 Å². The van der Waals surface area contributed by atoms with Crippen LogP contribution < -0.4 is 0 Å². The number of halogens is 1. The maximum atomic E-state index is 3.62. The number of fused-ring (bicyclic) bond motifs is 1. The average Bonchev–Trinajstić information content (AvgIpc) is 2.84. The maximum Gasteiger partial charge on any atom is 0.0348 e. The molecule has 0 nitrogen and oxygen atoms in total. The van der Waals surface area contributed by atoms with Gasteiger partial charge in [0.1, 0.15) is 0 Å². The van der Waals surface area contributed by atoms with Crippen LogP contribution in [0, 0.1) is 6.92 Å². The molecule has 1 aliphatic carbocycles. The second kappa shape index (κ2) is 3.86. The molecule has 0 unspecified atom stereocenters. The Morgan fingerprint density at radius 3 is 2.81 bits per heavy atom. The Labute approximate surface area is 108 Å². The van der Waals surface area contributed by atoms with Crippen LogP contribution >= 0.6 is 27.3 Å². The van der Waals surface area contributed by atoms with Crippen molar-refractivity contribution < 1.29 is 0 Å². The molecule has 80 valence electrons. The first kappa shape index (κ1) is 10.3. The molecule has 0 radical (unpaired) electrons. The molecule has 1 aromatic heterocycles. The zero-order chi connectivity index (χ0) is 11.1. The van der Waals surface area contributed by atoms with Crippen molar-refractivity contribution in [1.82, 2.24) is 0 Å². The minimum absolute atomic E-state index is 1.04. The van der Waals surface area contributed by atoms with Gasteiger partial charge < -0.3 is 0 Å². The fourth-order valence-corrected chi connectivity index (χ4v) is 3.60. The smallest absolute Gasteiger partial charge is 0.0348 e. The molecule has 2 aromatic rings. The third-order valence-corrected chi connectivity index (χ3v) is 4.70. The number of aryl methyl sites for hydroxylation is 1. The Kier molecular flexibility index (Phi) is 2.49. The zero-order valence-corrected chi connectivity index (χ0v) is 11.4. The van der Waals surface area contributed by atoms with Crippen molar-refractivity contribution in [2.75, 3.05) is 0 Å². The summed E-state index contributed by atoms with van der Waals surface area (Å²) in [6.45, 7) is 2.16. The van der Waals surface area contributed by atoms with Crippen LogP contribution in [-0.4, -0.2) is 0 Å². The SMILES string of the molecule is Cc1ccc(C2=CCc3c(Br)cccc32)s1. The summed E-state index contributed by atoms with van der Waals surface area (Å²) in [5, 5.41) is 0. The quantitative estimate of drug-likeness (QED) is 0.707. The van der Waals surface area contributed by atoms with E-state index in [0.29, 0.717) is 0 Å². The topological polar surface area (TPSA) is 0 Å². The maximum absolute atomic E-state index is 3.62. The van der Waals surface area contributed by atoms with E-state index in [1.807, 2.05) is 11.3 Å². The van der Waals surface area contributed by atoms with E-state index in [4.69, 9.17) is 0 Å². The van der Waals surface area contributed by atoms with Crippen molar-refractivity contribution in [2.24, 2.45) is 0 Å². The molecular formula is C14H11BrS. The van der Waals surface area contributed by atoms with Gasteiger partial charge in [0.05, 0.1) is 0 Å². The van der Waals surface area contributed by atoms with E-state index in [0.717, 1.165) is 6.42 Å². The van der Waals surface area contributed by atoms with Crippen molar-refractivity contribution in [2.45, 2.75) is 13.3 Å². The van der Waals surface area contributed by atoms with Crippen LogP contribution in [0.25, 0.3) is 5.57 Å². The van der Waals surface area contributed by atoms with Crippen molar-refractivity contribution in [3.05, 3.63) is 61.8 Å². The molecule has 0 saturated carbocycles. The molecule has 2 heteroatoms. The molecule has 1 aliphatic rings. The van der Waals surface area contributed by atoms with E-state index < -0.39 is 0 Å². The second-order valence-electron chi connectivity index (χ2n) is 4.00. The molecule has 1 heterocycles. The van der Waals surface area contributed by atoms with Gasteiger partial charge in [-0.1, -0.05) is 34.1 Å². The predicted octanol–water partition coefficient (Wildman–Crippen LogP) is 4.81. The van der Waals surface area contributed by atoms with Crippen molar-refractivity contribution >= 4 is 32.8 Å². The lowest BCUT2D eigenvalue weighted by Gasteiger charge is -2.05. The number of hydrogen-bond donors (Lipinski definition) is 0. The summed E-state index contributed by atoms with van der Waals surface area (Å²) in [6, 6.07) is 10.9. The van der Waals surface area contributed by atoms with E-state index in [2.05, 4.69) is 59.3 Å². The standard InChI is InChI=1S/C14H11BrS/c1-9-5-8-14(16-9)12-7-6-11-10(12)3-2-4-13(11)15/h2-5,7-8H,6H2,1H3. The highest BCUT2D eigenvalue weighted by molar-refractivity contribution is 9.10. The van der Waals surface area contributed by atoms with E-state index in [1.54, 1.807) is 0 Å². The van der Waals surface area contributed by atoms with Crippen LogP contribution in [0.1, 0.15) is 20.9 Å². The van der Waals surface area contributed by atoms with Crippen LogP contribution in [0.3, 0.4) is 0 Å². The molecule has 3 rings (SSSR count). The summed E-state index contributed by atoms with van der Waals surface area (Å²) < 4.78 is 1.23. The van der Waals surface area contributed by atoms with Crippen LogP contribution in [0.15, 0.2) is 40.9 Å². The van der Waals surface area contributed by atoms with Gasteiger partial charge in [0.25, 0.3) is 0 Å². The summed E-state index contributed by atoms with van der Waals surface area (Å²) in [4.78, 5) is 2.76. The highest BCUT2D eigenvalue weighted by atomic mass is 79.9. The summed E-state index contributed by atoms with van der Waals surface area (Å²) in [5.74, 6) is 0. The average molecular weight is 291 g/mol. The van der Waals surface area contributed by atoms with Gasteiger partial charge in [-0.25, -0.2) is 0 Å². The van der Waals surface area contributed by atoms with Crippen LogP contribution in [0.2, 0.25) is 0 Å². The van der Waals surface area contributed by atoms with E-state index in [-0.39, 0.29) is 0 Å². The third-order valence-electron chi connectivity index (χ3n) is 2.93. The normalized spacial score (nSPS) is 13.8. The monoisotopic (exact) mass is 290 g/mol. The zero-order valence-electron chi connectivity index (χ0n) is 8.96. The Bertz CT molecular complexity index is 578. The summed E-state index contributed by atoms with van der Waals surface area (Å²) in [6.07, 6.45) is 3.38. The van der Waals surface area contributed by atoms with Crippen molar-refractivity contribution in [1.29, 1.82) is 0 Å². The first-order valence-corrected chi connectivity index (χ1v) is 6.91. The number of thiophene rings is 1. The largest absolute Gasteiger partial charge is 0.141 e. The van der Waals surface area contributed by atoms with Gasteiger partial charge >= 0.3 is 0 Å². The van der Waals surface area contributed by atoms with Crippen LogP contribution in [0.4, 0.5) is 0 Å². The molecular weight excluding hydrogens is 280 g/mol. The van der Waals surface area contributed by atoms with Gasteiger partial charge in [-0.2, -0.15) is 0 Å². The highest BCUT2D eigenvalue weighted by Gasteiger charge is 2.18. The van der Waals surface area contributed by atoms with Gasteiger partial charge in [0.15, 0.2) is 0 Å². The third kappa shape index (κ3) is 1.57. The fourth-order valence-electron chi connectivity index (χ4n) is 2.15. The fraction of sp³-hybridized carbons (Fsp3) is 0.143. The molecule has 0 bridgehead atoms. The summed E-state index contributed by atoms with van der Waals surface area (Å²) in [7, 11) is 0. The molecule has 1 aromatic carbocycles. The molecule has 0 N–H and O–H groups in total. The van der Waals surface area contributed by atoms with Crippen molar-refractivity contribution in [3.8, 4) is 0 Å². The Morgan fingerprint density at radius 2 is 2.06 bits per heavy atom. The molecule has 0 aliphatic heterocycles. The van der Waals surface area contributed by atoms with Gasteiger partial charge in [0, 0.05) is 14.2 Å². The molecule has 0 spiro atoms. The van der Waals surface area contributed by atoms with Crippen LogP contribution in [-0.2, 0) is 6.42 Å². The highest BCUT2D eigenvalue weighted by Crippen LogP contribution is 2.38. The predicted molar refractivity (Wildman–Crippen MR) is 74.0 cm³/mol. The van der Waals surface area contributed by atoms with E-state index >= 15 is 0 Å². The second-order valence-corrected chi connectivity index (χ2v) is 6.14. The molecule has 16 heavy (non-hydrogen) atoms. The Hall–Kier alpha value is -0.860. The molecule has 0 amide bonds. The lowest BCUT2D eigenvalue weighted by molar-refractivity contribution is 1.29. The first-order valence-electron chi connectivity index (χ1n) is 5.30. The first-order chi connectivity index (χ1) is 7.75. The minimum atomic E-state index is 1.04. The van der Waals surface area contributed by atoms with Gasteiger partial charge in [-0.05, 0) is 48.2 Å². The minimum Gasteiger partial charge on any atom is -0.141 e.